The Bertz CT molecular complexity index is 617. The lowest BCUT2D eigenvalue weighted by atomic mass is 10.2. The van der Waals surface area contributed by atoms with Crippen LogP contribution in [0.2, 0.25) is 0 Å². The largest absolute Gasteiger partial charge is 0.350 e. The molecule has 3 rings (SSSR count). The van der Waals surface area contributed by atoms with Crippen LogP contribution in [0.15, 0.2) is 36.7 Å². The zero-order chi connectivity index (χ0) is 14.7. The van der Waals surface area contributed by atoms with E-state index in [-0.39, 0.29) is 18.3 Å². The molecule has 1 fully saturated rings. The Kier molecular flexibility index (Phi) is 5.57. The first-order valence-corrected chi connectivity index (χ1v) is 7.36. The molecule has 1 aromatic carbocycles. The first-order chi connectivity index (χ1) is 10.2. The van der Waals surface area contributed by atoms with Crippen molar-refractivity contribution in [1.29, 1.82) is 0 Å². The number of carbonyl (C=O) groups is 1. The van der Waals surface area contributed by atoms with E-state index in [9.17, 15) is 4.79 Å². The maximum atomic E-state index is 12.1. The van der Waals surface area contributed by atoms with Gasteiger partial charge in [-0.3, -0.25) is 4.79 Å². The van der Waals surface area contributed by atoms with Gasteiger partial charge in [-0.2, -0.15) is 5.10 Å². The number of benzene rings is 1. The molecule has 0 aliphatic carbocycles. The molecule has 2 aromatic rings. The minimum absolute atomic E-state index is 0. The molecule has 22 heavy (non-hydrogen) atoms. The van der Waals surface area contributed by atoms with Crippen molar-refractivity contribution in [1.82, 2.24) is 20.4 Å². The summed E-state index contributed by atoms with van der Waals surface area (Å²) in [5.41, 5.74) is 2.75. The molecule has 0 saturated carbocycles. The van der Waals surface area contributed by atoms with Gasteiger partial charge in [-0.15, -0.1) is 12.4 Å². The first kappa shape index (κ1) is 16.5. The Labute approximate surface area is 136 Å². The summed E-state index contributed by atoms with van der Waals surface area (Å²) in [5.74, 6) is -0.0214. The Morgan fingerprint density at radius 2 is 2.18 bits per heavy atom. The van der Waals surface area contributed by atoms with Crippen molar-refractivity contribution in [2.24, 2.45) is 0 Å². The fraction of sp³-hybridized carbons (Fsp3) is 0.375. The van der Waals surface area contributed by atoms with E-state index in [1.165, 1.54) is 6.42 Å². The van der Waals surface area contributed by atoms with Gasteiger partial charge in [0.25, 0.3) is 5.91 Å². The predicted octanol–water partition coefficient (Wildman–Crippen LogP) is 2.08. The topological polar surface area (TPSA) is 59.0 Å². The fourth-order valence-corrected chi connectivity index (χ4v) is 2.57. The van der Waals surface area contributed by atoms with Crippen LogP contribution >= 0.6 is 12.4 Å². The van der Waals surface area contributed by atoms with Gasteiger partial charge in [-0.1, -0.05) is 0 Å². The van der Waals surface area contributed by atoms with Crippen LogP contribution in [0.1, 0.15) is 28.8 Å². The SMILES string of the molecule is Cc1cnn(-c2ccc(C(=O)NCC3CCCN3)cc2)c1.Cl. The standard InChI is InChI=1S/C16H20N4O.ClH/c1-12-9-19-20(11-12)15-6-4-13(5-7-15)16(21)18-10-14-3-2-8-17-14;/h4-7,9,11,14,17H,2-3,8,10H2,1H3,(H,18,21);1H. The highest BCUT2D eigenvalue weighted by atomic mass is 35.5. The summed E-state index contributed by atoms with van der Waals surface area (Å²) in [6, 6.07) is 7.91. The van der Waals surface area contributed by atoms with Crippen LogP contribution < -0.4 is 10.6 Å². The van der Waals surface area contributed by atoms with E-state index in [4.69, 9.17) is 0 Å². The molecular weight excluding hydrogens is 300 g/mol. The number of amides is 1. The number of carbonyl (C=O) groups excluding carboxylic acids is 1. The summed E-state index contributed by atoms with van der Waals surface area (Å²) < 4.78 is 1.81. The number of hydrogen-bond donors (Lipinski definition) is 2. The molecule has 1 atom stereocenters. The molecule has 1 amide bonds. The molecule has 6 heteroatoms. The summed E-state index contributed by atoms with van der Waals surface area (Å²) in [6.07, 6.45) is 6.10. The molecule has 5 nitrogen and oxygen atoms in total. The van der Waals surface area contributed by atoms with Crippen molar-refractivity contribution in [3.8, 4) is 5.69 Å². The number of rotatable bonds is 4. The third-order valence-electron chi connectivity index (χ3n) is 3.78. The van der Waals surface area contributed by atoms with Crippen LogP contribution in [0.3, 0.4) is 0 Å². The van der Waals surface area contributed by atoms with Crippen LogP contribution in [0, 0.1) is 6.92 Å². The summed E-state index contributed by atoms with van der Waals surface area (Å²) in [5, 5.41) is 10.6. The zero-order valence-electron chi connectivity index (χ0n) is 12.6. The Hall–Kier alpha value is -1.85. The van der Waals surface area contributed by atoms with Crippen LogP contribution in [-0.2, 0) is 0 Å². The van der Waals surface area contributed by atoms with Crippen LogP contribution in [-0.4, -0.2) is 34.8 Å². The molecule has 0 radical (unpaired) electrons. The molecular formula is C16H21ClN4O. The summed E-state index contributed by atoms with van der Waals surface area (Å²) in [7, 11) is 0. The van der Waals surface area contributed by atoms with Gasteiger partial charge in [-0.25, -0.2) is 4.68 Å². The van der Waals surface area contributed by atoms with Crippen LogP contribution in [0.4, 0.5) is 0 Å². The molecule has 1 aromatic heterocycles. The summed E-state index contributed by atoms with van der Waals surface area (Å²) >= 11 is 0. The average Bonchev–Trinajstić information content (AvgIpc) is 3.16. The molecule has 0 spiro atoms. The molecule has 2 heterocycles. The maximum absolute atomic E-state index is 12.1. The third kappa shape index (κ3) is 3.87. The molecule has 0 bridgehead atoms. The van der Waals surface area contributed by atoms with Gasteiger partial charge in [0, 0.05) is 24.3 Å². The fourth-order valence-electron chi connectivity index (χ4n) is 2.57. The Balaban J connectivity index is 0.00000176. The smallest absolute Gasteiger partial charge is 0.251 e. The third-order valence-corrected chi connectivity index (χ3v) is 3.78. The minimum atomic E-state index is -0.0214. The number of hydrogen-bond acceptors (Lipinski definition) is 3. The van der Waals surface area contributed by atoms with Gasteiger partial charge in [0.1, 0.15) is 0 Å². The number of nitrogens with one attached hydrogen (secondary N) is 2. The molecule has 118 valence electrons. The van der Waals surface area contributed by atoms with Crippen molar-refractivity contribution >= 4 is 18.3 Å². The normalized spacial score (nSPS) is 17.0. The average molecular weight is 321 g/mol. The predicted molar refractivity (Wildman–Crippen MR) is 88.9 cm³/mol. The van der Waals surface area contributed by atoms with E-state index < -0.39 is 0 Å². The maximum Gasteiger partial charge on any atom is 0.251 e. The Morgan fingerprint density at radius 1 is 1.41 bits per heavy atom. The van der Waals surface area contributed by atoms with Crippen molar-refractivity contribution in [2.75, 3.05) is 13.1 Å². The molecule has 2 N–H and O–H groups in total. The molecule has 1 unspecified atom stereocenters. The highest BCUT2D eigenvalue weighted by Crippen LogP contribution is 2.10. The van der Waals surface area contributed by atoms with Crippen molar-refractivity contribution in [2.45, 2.75) is 25.8 Å². The number of aryl methyl sites for hydroxylation is 1. The monoisotopic (exact) mass is 320 g/mol. The van der Waals surface area contributed by atoms with Crippen molar-refractivity contribution in [3.05, 3.63) is 47.8 Å². The Morgan fingerprint density at radius 3 is 2.77 bits per heavy atom. The van der Waals surface area contributed by atoms with Gasteiger partial charge in [-0.05, 0) is 56.1 Å². The van der Waals surface area contributed by atoms with E-state index in [1.54, 1.807) is 4.68 Å². The van der Waals surface area contributed by atoms with E-state index in [2.05, 4.69) is 15.7 Å². The lowest BCUT2D eigenvalue weighted by Crippen LogP contribution is -2.37. The second-order valence-corrected chi connectivity index (χ2v) is 5.51. The highest BCUT2D eigenvalue weighted by Gasteiger charge is 2.15. The van der Waals surface area contributed by atoms with E-state index in [1.807, 2.05) is 43.6 Å². The van der Waals surface area contributed by atoms with Gasteiger partial charge < -0.3 is 10.6 Å². The van der Waals surface area contributed by atoms with Gasteiger partial charge in [0.15, 0.2) is 0 Å². The molecule has 1 aliphatic heterocycles. The van der Waals surface area contributed by atoms with Crippen molar-refractivity contribution in [3.63, 3.8) is 0 Å². The highest BCUT2D eigenvalue weighted by molar-refractivity contribution is 5.94. The second kappa shape index (κ2) is 7.42. The number of halogens is 1. The lowest BCUT2D eigenvalue weighted by Gasteiger charge is -2.11. The van der Waals surface area contributed by atoms with E-state index in [0.29, 0.717) is 18.2 Å². The van der Waals surface area contributed by atoms with Crippen LogP contribution in [0.5, 0.6) is 0 Å². The summed E-state index contributed by atoms with van der Waals surface area (Å²) in [6.45, 7) is 3.75. The van der Waals surface area contributed by atoms with Gasteiger partial charge in [0.2, 0.25) is 0 Å². The first-order valence-electron chi connectivity index (χ1n) is 7.36. The van der Waals surface area contributed by atoms with E-state index >= 15 is 0 Å². The van der Waals surface area contributed by atoms with Gasteiger partial charge >= 0.3 is 0 Å². The second-order valence-electron chi connectivity index (χ2n) is 5.51. The van der Waals surface area contributed by atoms with Crippen molar-refractivity contribution < 1.29 is 4.79 Å². The van der Waals surface area contributed by atoms with E-state index in [0.717, 1.165) is 24.2 Å². The minimum Gasteiger partial charge on any atom is -0.350 e. The lowest BCUT2D eigenvalue weighted by molar-refractivity contribution is 0.0950. The summed E-state index contributed by atoms with van der Waals surface area (Å²) in [4.78, 5) is 12.1. The quantitative estimate of drug-likeness (QED) is 0.907. The zero-order valence-corrected chi connectivity index (χ0v) is 13.4. The van der Waals surface area contributed by atoms with Crippen LogP contribution in [0.25, 0.3) is 5.69 Å². The molecule has 1 aliphatic rings. The van der Waals surface area contributed by atoms with Gasteiger partial charge in [0.05, 0.1) is 11.9 Å². The number of aromatic nitrogens is 2. The molecule has 1 saturated heterocycles. The number of nitrogens with zero attached hydrogens (tertiary/aromatic N) is 2.